The van der Waals surface area contributed by atoms with E-state index < -0.39 is 0 Å². The molecule has 2 aromatic carbocycles. The molecule has 0 atom stereocenters. The van der Waals surface area contributed by atoms with Crippen LogP contribution in [0.25, 0.3) is 6.08 Å². The molecule has 0 radical (unpaired) electrons. The van der Waals surface area contributed by atoms with E-state index in [-0.39, 0.29) is 5.91 Å². The van der Waals surface area contributed by atoms with Crippen molar-refractivity contribution in [2.75, 3.05) is 18.5 Å². The van der Waals surface area contributed by atoms with Crippen LogP contribution >= 0.6 is 0 Å². The predicted octanol–water partition coefficient (Wildman–Crippen LogP) is 5.22. The van der Waals surface area contributed by atoms with Crippen LogP contribution in [0.5, 0.6) is 11.5 Å². The lowest BCUT2D eigenvalue weighted by Gasteiger charge is -2.12. The van der Waals surface area contributed by atoms with Crippen molar-refractivity contribution in [3.63, 3.8) is 0 Å². The SMILES string of the molecule is CCCCOc1ccc(/C=C/C(=O)Nc2ccc(C)cc2)cc1OCC. The van der Waals surface area contributed by atoms with E-state index >= 15 is 0 Å². The fourth-order valence-electron chi connectivity index (χ4n) is 2.34. The summed E-state index contributed by atoms with van der Waals surface area (Å²) in [5.74, 6) is 1.27. The Morgan fingerprint density at radius 2 is 1.81 bits per heavy atom. The molecule has 0 aliphatic carbocycles. The number of unbranched alkanes of at least 4 members (excludes halogenated alkanes) is 1. The van der Waals surface area contributed by atoms with Gasteiger partial charge in [0.15, 0.2) is 11.5 Å². The first-order valence-electron chi connectivity index (χ1n) is 9.07. The lowest BCUT2D eigenvalue weighted by atomic mass is 10.2. The molecule has 0 spiro atoms. The summed E-state index contributed by atoms with van der Waals surface area (Å²) >= 11 is 0. The Morgan fingerprint density at radius 1 is 1.04 bits per heavy atom. The van der Waals surface area contributed by atoms with Gasteiger partial charge in [0.2, 0.25) is 5.91 Å². The highest BCUT2D eigenvalue weighted by molar-refractivity contribution is 6.01. The Morgan fingerprint density at radius 3 is 2.50 bits per heavy atom. The Kier molecular flexibility index (Phi) is 7.75. The summed E-state index contributed by atoms with van der Waals surface area (Å²) in [6, 6.07) is 13.4. The maximum Gasteiger partial charge on any atom is 0.248 e. The molecule has 0 fully saturated rings. The van der Waals surface area contributed by atoms with E-state index in [1.807, 2.05) is 56.3 Å². The van der Waals surface area contributed by atoms with Gasteiger partial charge in [0, 0.05) is 11.8 Å². The molecule has 0 aromatic heterocycles. The Hall–Kier alpha value is -2.75. The van der Waals surface area contributed by atoms with E-state index in [9.17, 15) is 4.79 Å². The molecule has 0 aliphatic rings. The van der Waals surface area contributed by atoms with Crippen LogP contribution in [0, 0.1) is 6.92 Å². The Balaban J connectivity index is 2.02. The van der Waals surface area contributed by atoms with Crippen molar-refractivity contribution in [3.8, 4) is 11.5 Å². The molecule has 0 unspecified atom stereocenters. The van der Waals surface area contributed by atoms with Gasteiger partial charge in [0.25, 0.3) is 0 Å². The predicted molar refractivity (Wildman–Crippen MR) is 107 cm³/mol. The molecule has 0 aliphatic heterocycles. The normalized spacial score (nSPS) is 10.7. The molecule has 1 N–H and O–H groups in total. The first-order chi connectivity index (χ1) is 12.6. The summed E-state index contributed by atoms with van der Waals surface area (Å²) in [6.45, 7) is 7.31. The number of anilines is 1. The van der Waals surface area contributed by atoms with Gasteiger partial charge < -0.3 is 14.8 Å². The Bertz CT molecular complexity index is 736. The second-order valence-electron chi connectivity index (χ2n) is 6.03. The maximum absolute atomic E-state index is 12.1. The van der Waals surface area contributed by atoms with Gasteiger partial charge in [0.05, 0.1) is 13.2 Å². The number of aryl methyl sites for hydroxylation is 1. The number of ether oxygens (including phenoxy) is 2. The van der Waals surface area contributed by atoms with Crippen LogP contribution in [0.1, 0.15) is 37.8 Å². The first kappa shape index (κ1) is 19.6. The second kappa shape index (κ2) is 10.3. The van der Waals surface area contributed by atoms with Crippen LogP contribution in [-0.2, 0) is 4.79 Å². The minimum atomic E-state index is -0.171. The molecular formula is C22H27NO3. The van der Waals surface area contributed by atoms with E-state index in [1.165, 1.54) is 6.08 Å². The number of carbonyl (C=O) groups is 1. The van der Waals surface area contributed by atoms with Gasteiger partial charge in [-0.2, -0.15) is 0 Å². The van der Waals surface area contributed by atoms with Crippen molar-refractivity contribution < 1.29 is 14.3 Å². The van der Waals surface area contributed by atoms with Gasteiger partial charge in [-0.25, -0.2) is 0 Å². The fraction of sp³-hybridized carbons (Fsp3) is 0.318. The largest absolute Gasteiger partial charge is 0.490 e. The molecule has 0 saturated heterocycles. The van der Waals surface area contributed by atoms with Crippen LogP contribution in [0.2, 0.25) is 0 Å². The quantitative estimate of drug-likeness (QED) is 0.496. The van der Waals surface area contributed by atoms with Gasteiger partial charge >= 0.3 is 0 Å². The number of nitrogens with one attached hydrogen (secondary N) is 1. The average molecular weight is 353 g/mol. The van der Waals surface area contributed by atoms with Gasteiger partial charge in [-0.1, -0.05) is 37.1 Å². The van der Waals surface area contributed by atoms with Crippen molar-refractivity contribution in [1.82, 2.24) is 0 Å². The van der Waals surface area contributed by atoms with E-state index in [1.54, 1.807) is 6.08 Å². The first-order valence-corrected chi connectivity index (χ1v) is 9.07. The lowest BCUT2D eigenvalue weighted by molar-refractivity contribution is -0.111. The van der Waals surface area contributed by atoms with E-state index in [4.69, 9.17) is 9.47 Å². The number of benzene rings is 2. The molecular weight excluding hydrogens is 326 g/mol. The average Bonchev–Trinajstić information content (AvgIpc) is 2.64. The van der Waals surface area contributed by atoms with Crippen molar-refractivity contribution in [3.05, 3.63) is 59.7 Å². The molecule has 0 heterocycles. The zero-order valence-electron chi connectivity index (χ0n) is 15.7. The molecule has 1 amide bonds. The summed E-state index contributed by atoms with van der Waals surface area (Å²) < 4.78 is 11.4. The van der Waals surface area contributed by atoms with Gasteiger partial charge in [0.1, 0.15) is 0 Å². The molecule has 26 heavy (non-hydrogen) atoms. The number of amides is 1. The number of hydrogen-bond acceptors (Lipinski definition) is 3. The molecule has 0 bridgehead atoms. The summed E-state index contributed by atoms with van der Waals surface area (Å²) in [7, 11) is 0. The Labute approximate surface area is 155 Å². The van der Waals surface area contributed by atoms with E-state index in [0.717, 1.165) is 35.4 Å². The standard InChI is InChI=1S/C22H27NO3/c1-4-6-15-26-20-13-9-18(16-21(20)25-5-2)10-14-22(24)23-19-11-7-17(3)8-12-19/h7-14,16H,4-6,15H2,1-3H3,(H,23,24)/b14-10+. The summed E-state index contributed by atoms with van der Waals surface area (Å²) in [4.78, 5) is 12.1. The molecule has 0 saturated carbocycles. The van der Waals surface area contributed by atoms with Crippen LogP contribution in [-0.4, -0.2) is 19.1 Å². The van der Waals surface area contributed by atoms with Crippen LogP contribution in [0.15, 0.2) is 48.5 Å². The van der Waals surface area contributed by atoms with Crippen LogP contribution in [0.3, 0.4) is 0 Å². The molecule has 4 nitrogen and oxygen atoms in total. The summed E-state index contributed by atoms with van der Waals surface area (Å²) in [5, 5.41) is 2.84. The highest BCUT2D eigenvalue weighted by Crippen LogP contribution is 2.29. The van der Waals surface area contributed by atoms with E-state index in [0.29, 0.717) is 19.0 Å². The summed E-state index contributed by atoms with van der Waals surface area (Å²) in [6.07, 6.45) is 5.37. The number of carbonyl (C=O) groups excluding carboxylic acids is 1. The number of rotatable bonds is 9. The van der Waals surface area contributed by atoms with Gasteiger partial charge in [-0.05, 0) is 56.2 Å². The zero-order valence-corrected chi connectivity index (χ0v) is 15.7. The van der Waals surface area contributed by atoms with Gasteiger partial charge in [-0.3, -0.25) is 4.79 Å². The van der Waals surface area contributed by atoms with Crippen LogP contribution < -0.4 is 14.8 Å². The van der Waals surface area contributed by atoms with Gasteiger partial charge in [-0.15, -0.1) is 0 Å². The smallest absolute Gasteiger partial charge is 0.248 e. The molecule has 4 heteroatoms. The highest BCUT2D eigenvalue weighted by atomic mass is 16.5. The van der Waals surface area contributed by atoms with Crippen molar-refractivity contribution in [1.29, 1.82) is 0 Å². The third kappa shape index (κ3) is 6.28. The molecule has 138 valence electrons. The summed E-state index contributed by atoms with van der Waals surface area (Å²) in [5.41, 5.74) is 2.82. The monoisotopic (exact) mass is 353 g/mol. The highest BCUT2D eigenvalue weighted by Gasteiger charge is 2.06. The van der Waals surface area contributed by atoms with Crippen molar-refractivity contribution in [2.45, 2.75) is 33.6 Å². The minimum absolute atomic E-state index is 0.171. The topological polar surface area (TPSA) is 47.6 Å². The minimum Gasteiger partial charge on any atom is -0.490 e. The zero-order chi connectivity index (χ0) is 18.8. The molecule has 2 aromatic rings. The van der Waals surface area contributed by atoms with E-state index in [2.05, 4.69) is 12.2 Å². The van der Waals surface area contributed by atoms with Crippen molar-refractivity contribution >= 4 is 17.7 Å². The third-order valence-corrected chi connectivity index (χ3v) is 3.77. The van der Waals surface area contributed by atoms with Crippen molar-refractivity contribution in [2.24, 2.45) is 0 Å². The number of hydrogen-bond donors (Lipinski definition) is 1. The molecule has 2 rings (SSSR count). The third-order valence-electron chi connectivity index (χ3n) is 3.77. The fourth-order valence-corrected chi connectivity index (χ4v) is 2.34. The lowest BCUT2D eigenvalue weighted by Crippen LogP contribution is -2.07. The van der Waals surface area contributed by atoms with Crippen LogP contribution in [0.4, 0.5) is 5.69 Å². The second-order valence-corrected chi connectivity index (χ2v) is 6.03. The maximum atomic E-state index is 12.1.